The van der Waals surface area contributed by atoms with Crippen LogP contribution in [-0.2, 0) is 22.6 Å². The summed E-state index contributed by atoms with van der Waals surface area (Å²) in [5, 5.41) is 2.91. The first-order chi connectivity index (χ1) is 12.6. The third kappa shape index (κ3) is 4.56. The predicted molar refractivity (Wildman–Crippen MR) is 98.2 cm³/mol. The van der Waals surface area contributed by atoms with Gasteiger partial charge in [-0.2, -0.15) is 0 Å². The van der Waals surface area contributed by atoms with Crippen LogP contribution in [0.25, 0.3) is 0 Å². The van der Waals surface area contributed by atoms with Crippen molar-refractivity contribution in [2.45, 2.75) is 25.8 Å². The number of amides is 2. The minimum absolute atomic E-state index is 0.0601. The number of nitrogens with zero attached hydrogens (tertiary/aromatic N) is 3. The Morgan fingerprint density at radius 3 is 2.65 bits per heavy atom. The molecule has 3 rings (SSSR count). The number of hydrogen-bond acceptors (Lipinski definition) is 5. The van der Waals surface area contributed by atoms with Crippen LogP contribution in [0, 0.1) is 5.92 Å². The molecule has 1 aliphatic heterocycles. The number of primary amides is 1. The maximum Gasteiger partial charge on any atom is 0.224 e. The molecule has 1 saturated heterocycles. The van der Waals surface area contributed by atoms with Gasteiger partial charge in [-0.25, -0.2) is 4.98 Å². The number of anilines is 1. The van der Waals surface area contributed by atoms with E-state index < -0.39 is 0 Å². The van der Waals surface area contributed by atoms with Crippen LogP contribution in [0.15, 0.2) is 42.9 Å². The van der Waals surface area contributed by atoms with Crippen molar-refractivity contribution in [1.82, 2.24) is 15.3 Å². The Bertz CT molecular complexity index is 758. The first kappa shape index (κ1) is 17.8. The van der Waals surface area contributed by atoms with Crippen LogP contribution in [0.1, 0.15) is 24.0 Å². The van der Waals surface area contributed by atoms with Gasteiger partial charge in [0.15, 0.2) is 0 Å². The van der Waals surface area contributed by atoms with E-state index in [9.17, 15) is 9.59 Å². The van der Waals surface area contributed by atoms with E-state index >= 15 is 0 Å². The standard InChI is InChI=1S/C19H23N5O2/c20-18(26)15-5-9-24(10-6-15)19-16(4-2-8-22-19)11-17(25)23-13-14-3-1-7-21-12-14/h1-4,7-8,12,15H,5-6,9-11,13H2,(H2,20,26)(H,23,25). The number of carbonyl (C=O) groups is 2. The fraction of sp³-hybridized carbons (Fsp3) is 0.368. The predicted octanol–water partition coefficient (Wildman–Crippen LogP) is 1.04. The third-order valence-electron chi connectivity index (χ3n) is 4.63. The van der Waals surface area contributed by atoms with Gasteiger partial charge >= 0.3 is 0 Å². The van der Waals surface area contributed by atoms with E-state index in [1.807, 2.05) is 24.3 Å². The lowest BCUT2D eigenvalue weighted by Crippen LogP contribution is -2.39. The number of aromatic nitrogens is 2. The molecule has 3 heterocycles. The average Bonchev–Trinajstić information content (AvgIpc) is 2.68. The van der Waals surface area contributed by atoms with E-state index in [1.165, 1.54) is 0 Å². The summed E-state index contributed by atoms with van der Waals surface area (Å²) in [5.41, 5.74) is 7.24. The Morgan fingerprint density at radius 1 is 1.19 bits per heavy atom. The molecule has 2 aromatic heterocycles. The number of hydrogen-bond donors (Lipinski definition) is 2. The molecule has 1 fully saturated rings. The molecule has 26 heavy (non-hydrogen) atoms. The molecule has 1 aliphatic rings. The summed E-state index contributed by atoms with van der Waals surface area (Å²) in [6.07, 6.45) is 6.87. The normalized spacial score (nSPS) is 14.8. The fourth-order valence-corrected chi connectivity index (χ4v) is 3.17. The highest BCUT2D eigenvalue weighted by Crippen LogP contribution is 2.24. The summed E-state index contributed by atoms with van der Waals surface area (Å²) in [7, 11) is 0. The van der Waals surface area contributed by atoms with Crippen molar-refractivity contribution in [3.8, 4) is 0 Å². The van der Waals surface area contributed by atoms with E-state index in [0.717, 1.165) is 42.9 Å². The van der Waals surface area contributed by atoms with Gasteiger partial charge < -0.3 is 16.0 Å². The van der Waals surface area contributed by atoms with Crippen LogP contribution in [-0.4, -0.2) is 34.9 Å². The van der Waals surface area contributed by atoms with Crippen molar-refractivity contribution in [1.29, 1.82) is 0 Å². The molecular formula is C19H23N5O2. The molecule has 0 radical (unpaired) electrons. The average molecular weight is 353 g/mol. The molecule has 2 aromatic rings. The van der Waals surface area contributed by atoms with Gasteiger partial charge in [0.2, 0.25) is 11.8 Å². The molecule has 0 unspecified atom stereocenters. The number of nitrogens with two attached hydrogens (primary N) is 1. The van der Waals surface area contributed by atoms with Crippen LogP contribution in [0.3, 0.4) is 0 Å². The second-order valence-electron chi connectivity index (χ2n) is 6.46. The molecule has 0 saturated carbocycles. The van der Waals surface area contributed by atoms with E-state index in [0.29, 0.717) is 6.54 Å². The molecule has 0 spiro atoms. The third-order valence-corrected chi connectivity index (χ3v) is 4.63. The van der Waals surface area contributed by atoms with Crippen LogP contribution in [0.4, 0.5) is 5.82 Å². The van der Waals surface area contributed by atoms with E-state index in [-0.39, 0.29) is 24.2 Å². The molecule has 7 heteroatoms. The molecule has 0 aliphatic carbocycles. The lowest BCUT2D eigenvalue weighted by atomic mass is 9.96. The van der Waals surface area contributed by atoms with Crippen LogP contribution >= 0.6 is 0 Å². The molecule has 7 nitrogen and oxygen atoms in total. The Balaban J connectivity index is 1.60. The number of pyridine rings is 2. The van der Waals surface area contributed by atoms with Crippen LogP contribution in [0.5, 0.6) is 0 Å². The maximum atomic E-state index is 12.3. The lowest BCUT2D eigenvalue weighted by Gasteiger charge is -2.32. The molecule has 136 valence electrons. The Kier molecular flexibility index (Phi) is 5.78. The van der Waals surface area contributed by atoms with Crippen molar-refractivity contribution >= 4 is 17.6 Å². The maximum absolute atomic E-state index is 12.3. The van der Waals surface area contributed by atoms with Crippen molar-refractivity contribution in [3.63, 3.8) is 0 Å². The summed E-state index contributed by atoms with van der Waals surface area (Å²) in [5.74, 6) is 0.448. The molecule has 2 amide bonds. The number of carbonyl (C=O) groups excluding carboxylic acids is 2. The summed E-state index contributed by atoms with van der Waals surface area (Å²) in [4.78, 5) is 34.3. The quantitative estimate of drug-likeness (QED) is 0.808. The highest BCUT2D eigenvalue weighted by atomic mass is 16.2. The minimum atomic E-state index is -0.235. The summed E-state index contributed by atoms with van der Waals surface area (Å²) >= 11 is 0. The van der Waals surface area contributed by atoms with E-state index in [4.69, 9.17) is 5.73 Å². The van der Waals surface area contributed by atoms with Crippen LogP contribution < -0.4 is 16.0 Å². The van der Waals surface area contributed by atoms with Crippen molar-refractivity contribution in [2.75, 3.05) is 18.0 Å². The molecule has 0 aromatic carbocycles. The molecule has 3 N–H and O–H groups in total. The smallest absolute Gasteiger partial charge is 0.224 e. The Hall–Kier alpha value is -2.96. The van der Waals surface area contributed by atoms with E-state index in [2.05, 4.69) is 20.2 Å². The van der Waals surface area contributed by atoms with Crippen molar-refractivity contribution in [3.05, 3.63) is 54.0 Å². The number of nitrogens with one attached hydrogen (secondary N) is 1. The monoisotopic (exact) mass is 353 g/mol. The molecule has 0 atom stereocenters. The van der Waals surface area contributed by atoms with Gasteiger partial charge in [-0.3, -0.25) is 14.6 Å². The zero-order valence-electron chi connectivity index (χ0n) is 14.6. The second-order valence-corrected chi connectivity index (χ2v) is 6.46. The van der Waals surface area contributed by atoms with Gasteiger partial charge in [0.1, 0.15) is 5.82 Å². The topological polar surface area (TPSA) is 101 Å². The minimum Gasteiger partial charge on any atom is -0.369 e. The summed E-state index contributed by atoms with van der Waals surface area (Å²) in [6, 6.07) is 7.53. The number of piperidine rings is 1. The zero-order chi connectivity index (χ0) is 18.4. The van der Waals surface area contributed by atoms with Crippen molar-refractivity contribution in [2.24, 2.45) is 11.7 Å². The highest BCUT2D eigenvalue weighted by Gasteiger charge is 2.25. The van der Waals surface area contributed by atoms with Gasteiger partial charge in [-0.05, 0) is 30.5 Å². The zero-order valence-corrected chi connectivity index (χ0v) is 14.6. The molecule has 0 bridgehead atoms. The first-order valence-electron chi connectivity index (χ1n) is 8.77. The van der Waals surface area contributed by atoms with Crippen molar-refractivity contribution < 1.29 is 9.59 Å². The van der Waals surface area contributed by atoms with Gasteiger partial charge in [0.05, 0.1) is 6.42 Å². The lowest BCUT2D eigenvalue weighted by molar-refractivity contribution is -0.122. The van der Waals surface area contributed by atoms with Gasteiger partial charge in [0, 0.05) is 49.7 Å². The van der Waals surface area contributed by atoms with Gasteiger partial charge in [-0.1, -0.05) is 12.1 Å². The summed E-state index contributed by atoms with van der Waals surface area (Å²) in [6.45, 7) is 1.89. The second kappa shape index (κ2) is 8.42. The molecular weight excluding hydrogens is 330 g/mol. The summed E-state index contributed by atoms with van der Waals surface area (Å²) < 4.78 is 0. The Labute approximate surface area is 152 Å². The fourth-order valence-electron chi connectivity index (χ4n) is 3.17. The largest absolute Gasteiger partial charge is 0.369 e. The van der Waals surface area contributed by atoms with E-state index in [1.54, 1.807) is 18.6 Å². The highest BCUT2D eigenvalue weighted by molar-refractivity contribution is 5.80. The first-order valence-corrected chi connectivity index (χ1v) is 8.77. The van der Waals surface area contributed by atoms with Gasteiger partial charge in [-0.15, -0.1) is 0 Å². The number of rotatable bonds is 6. The van der Waals surface area contributed by atoms with Crippen LogP contribution in [0.2, 0.25) is 0 Å². The SMILES string of the molecule is NC(=O)C1CCN(c2ncccc2CC(=O)NCc2cccnc2)CC1. The Morgan fingerprint density at radius 2 is 1.96 bits per heavy atom. The van der Waals surface area contributed by atoms with Gasteiger partial charge in [0.25, 0.3) is 0 Å².